The number of nitrogens with one attached hydrogen (secondary N) is 1. The molecule has 5 nitrogen and oxygen atoms in total. The molecular weight excluding hydrogens is 280 g/mol. The van der Waals surface area contributed by atoms with Crippen LogP contribution in [-0.2, 0) is 4.74 Å². The maximum atomic E-state index is 12.3. The summed E-state index contributed by atoms with van der Waals surface area (Å²) in [4.78, 5) is 16.6. The number of carbonyl (C=O) groups excluding carboxylic acids is 1. The van der Waals surface area contributed by atoms with Crippen LogP contribution in [0, 0.1) is 0 Å². The van der Waals surface area contributed by atoms with Gasteiger partial charge >= 0.3 is 0 Å². The minimum absolute atomic E-state index is 0.186. The average Bonchev–Trinajstić information content (AvgIpc) is 3.10. The number of methoxy groups -OCH3 is 1. The summed E-state index contributed by atoms with van der Waals surface area (Å²) in [5.41, 5.74) is 2.04. The molecular formula is C17H16N2O3. The molecule has 3 rings (SSSR count). The SMILES string of the molecule is COc1ccc(C(=O)Nc2ccccc2C2=NCCO2)cc1. The molecule has 0 fully saturated rings. The summed E-state index contributed by atoms with van der Waals surface area (Å²) in [5.74, 6) is 1.10. The number of aliphatic imine (C=N–C) groups is 1. The van der Waals surface area contributed by atoms with Crippen molar-refractivity contribution in [3.8, 4) is 5.75 Å². The van der Waals surface area contributed by atoms with Gasteiger partial charge in [0.15, 0.2) is 0 Å². The van der Waals surface area contributed by atoms with Crippen molar-refractivity contribution in [2.24, 2.45) is 4.99 Å². The van der Waals surface area contributed by atoms with Crippen molar-refractivity contribution in [2.45, 2.75) is 0 Å². The first-order chi connectivity index (χ1) is 10.8. The molecule has 0 aliphatic carbocycles. The summed E-state index contributed by atoms with van der Waals surface area (Å²) >= 11 is 0. The number of hydrogen-bond donors (Lipinski definition) is 1. The van der Waals surface area contributed by atoms with Gasteiger partial charge < -0.3 is 14.8 Å². The van der Waals surface area contributed by atoms with E-state index in [9.17, 15) is 4.79 Å². The number of para-hydroxylation sites is 1. The lowest BCUT2D eigenvalue weighted by atomic mass is 10.1. The zero-order chi connectivity index (χ0) is 15.4. The fraction of sp³-hybridized carbons (Fsp3) is 0.176. The standard InChI is InChI=1S/C17H16N2O3/c1-21-13-8-6-12(7-9-13)16(20)19-15-5-3-2-4-14(15)17-18-10-11-22-17/h2-9H,10-11H2,1H3,(H,19,20). The molecule has 1 aliphatic heterocycles. The van der Waals surface area contributed by atoms with Crippen molar-refractivity contribution >= 4 is 17.5 Å². The van der Waals surface area contributed by atoms with E-state index < -0.39 is 0 Å². The number of hydrogen-bond acceptors (Lipinski definition) is 4. The number of benzene rings is 2. The second kappa shape index (κ2) is 6.30. The van der Waals surface area contributed by atoms with Gasteiger partial charge in [0.1, 0.15) is 12.4 Å². The van der Waals surface area contributed by atoms with Crippen LogP contribution in [-0.4, -0.2) is 32.1 Å². The van der Waals surface area contributed by atoms with Gasteiger partial charge in [0, 0.05) is 5.56 Å². The molecule has 2 aromatic carbocycles. The Labute approximate surface area is 128 Å². The van der Waals surface area contributed by atoms with Crippen molar-refractivity contribution in [1.29, 1.82) is 0 Å². The van der Waals surface area contributed by atoms with Crippen LogP contribution < -0.4 is 10.1 Å². The van der Waals surface area contributed by atoms with Crippen molar-refractivity contribution in [1.82, 2.24) is 0 Å². The number of ether oxygens (including phenoxy) is 2. The van der Waals surface area contributed by atoms with Crippen molar-refractivity contribution in [3.05, 3.63) is 59.7 Å². The fourth-order valence-electron chi connectivity index (χ4n) is 2.21. The van der Waals surface area contributed by atoms with Gasteiger partial charge in [-0.05, 0) is 36.4 Å². The molecule has 1 amide bonds. The van der Waals surface area contributed by atoms with Gasteiger partial charge in [-0.15, -0.1) is 0 Å². The van der Waals surface area contributed by atoms with E-state index in [4.69, 9.17) is 9.47 Å². The molecule has 0 saturated heterocycles. The molecule has 5 heteroatoms. The molecule has 0 spiro atoms. The van der Waals surface area contributed by atoms with Gasteiger partial charge in [-0.3, -0.25) is 4.79 Å². The second-order valence-corrected chi connectivity index (χ2v) is 4.76. The summed E-state index contributed by atoms with van der Waals surface area (Å²) in [6, 6.07) is 14.4. The van der Waals surface area contributed by atoms with Gasteiger partial charge in [-0.1, -0.05) is 12.1 Å². The highest BCUT2D eigenvalue weighted by molar-refractivity contribution is 6.09. The van der Waals surface area contributed by atoms with E-state index in [0.29, 0.717) is 36.0 Å². The van der Waals surface area contributed by atoms with Crippen LogP contribution >= 0.6 is 0 Å². The zero-order valence-corrected chi connectivity index (χ0v) is 12.2. The van der Waals surface area contributed by atoms with Crippen molar-refractivity contribution in [3.63, 3.8) is 0 Å². The van der Waals surface area contributed by atoms with Gasteiger partial charge in [-0.25, -0.2) is 4.99 Å². The Morgan fingerprint density at radius 3 is 2.64 bits per heavy atom. The Kier molecular flexibility index (Phi) is 4.05. The molecule has 1 heterocycles. The molecule has 112 valence electrons. The Bertz CT molecular complexity index is 708. The number of nitrogens with zero attached hydrogens (tertiary/aromatic N) is 1. The summed E-state index contributed by atoms with van der Waals surface area (Å²) in [7, 11) is 1.59. The van der Waals surface area contributed by atoms with Gasteiger partial charge in [0.05, 0.1) is 24.9 Å². The Morgan fingerprint density at radius 2 is 1.95 bits per heavy atom. The predicted molar refractivity (Wildman–Crippen MR) is 84.7 cm³/mol. The van der Waals surface area contributed by atoms with Crippen LogP contribution in [0.25, 0.3) is 0 Å². The van der Waals surface area contributed by atoms with Crippen LogP contribution in [0.3, 0.4) is 0 Å². The lowest BCUT2D eigenvalue weighted by molar-refractivity contribution is 0.102. The molecule has 0 aromatic heterocycles. The monoisotopic (exact) mass is 296 g/mol. The normalized spacial score (nSPS) is 13.2. The van der Waals surface area contributed by atoms with E-state index >= 15 is 0 Å². The zero-order valence-electron chi connectivity index (χ0n) is 12.2. The van der Waals surface area contributed by atoms with Crippen LogP contribution in [0.1, 0.15) is 15.9 Å². The maximum absolute atomic E-state index is 12.3. The summed E-state index contributed by atoms with van der Waals surface area (Å²) < 4.78 is 10.6. The number of carbonyl (C=O) groups is 1. The first-order valence-corrected chi connectivity index (χ1v) is 7.00. The number of rotatable bonds is 4. The molecule has 0 unspecified atom stereocenters. The van der Waals surface area contributed by atoms with Crippen LogP contribution in [0.5, 0.6) is 5.75 Å². The van der Waals surface area contributed by atoms with E-state index in [-0.39, 0.29) is 5.91 Å². The maximum Gasteiger partial charge on any atom is 0.255 e. The molecule has 1 N–H and O–H groups in total. The Hall–Kier alpha value is -2.82. The van der Waals surface area contributed by atoms with E-state index in [1.807, 2.05) is 24.3 Å². The quantitative estimate of drug-likeness (QED) is 0.943. The van der Waals surface area contributed by atoms with E-state index in [2.05, 4.69) is 10.3 Å². The highest BCUT2D eigenvalue weighted by Crippen LogP contribution is 2.20. The lowest BCUT2D eigenvalue weighted by Crippen LogP contribution is -2.15. The smallest absolute Gasteiger partial charge is 0.255 e. The molecule has 0 radical (unpaired) electrons. The topological polar surface area (TPSA) is 59.9 Å². The number of anilines is 1. The third-order valence-electron chi connectivity index (χ3n) is 3.34. The summed E-state index contributed by atoms with van der Waals surface area (Å²) in [6.45, 7) is 1.23. The molecule has 2 aromatic rings. The minimum Gasteiger partial charge on any atom is -0.497 e. The average molecular weight is 296 g/mol. The van der Waals surface area contributed by atoms with E-state index in [1.54, 1.807) is 31.4 Å². The van der Waals surface area contributed by atoms with E-state index in [0.717, 1.165) is 5.56 Å². The third kappa shape index (κ3) is 2.93. The molecule has 22 heavy (non-hydrogen) atoms. The summed E-state index contributed by atoms with van der Waals surface area (Å²) in [6.07, 6.45) is 0. The molecule has 0 saturated carbocycles. The molecule has 0 bridgehead atoms. The van der Waals surface area contributed by atoms with Gasteiger partial charge in [0.2, 0.25) is 5.90 Å². The highest BCUT2D eigenvalue weighted by Gasteiger charge is 2.16. The van der Waals surface area contributed by atoms with Crippen LogP contribution in [0.15, 0.2) is 53.5 Å². The Balaban J connectivity index is 1.81. The minimum atomic E-state index is -0.186. The number of amides is 1. The second-order valence-electron chi connectivity index (χ2n) is 4.76. The Morgan fingerprint density at radius 1 is 1.18 bits per heavy atom. The largest absolute Gasteiger partial charge is 0.497 e. The van der Waals surface area contributed by atoms with E-state index in [1.165, 1.54) is 0 Å². The molecule has 1 aliphatic rings. The van der Waals surface area contributed by atoms with Crippen LogP contribution in [0.2, 0.25) is 0 Å². The first kappa shape index (κ1) is 14.1. The van der Waals surface area contributed by atoms with Crippen molar-refractivity contribution < 1.29 is 14.3 Å². The predicted octanol–water partition coefficient (Wildman–Crippen LogP) is 2.72. The van der Waals surface area contributed by atoms with Gasteiger partial charge in [-0.2, -0.15) is 0 Å². The fourth-order valence-corrected chi connectivity index (χ4v) is 2.21. The molecule has 0 atom stereocenters. The highest BCUT2D eigenvalue weighted by atomic mass is 16.5. The first-order valence-electron chi connectivity index (χ1n) is 7.00. The van der Waals surface area contributed by atoms with Gasteiger partial charge in [0.25, 0.3) is 5.91 Å². The summed E-state index contributed by atoms with van der Waals surface area (Å²) in [5, 5.41) is 2.90. The lowest BCUT2D eigenvalue weighted by Gasteiger charge is -2.11. The van der Waals surface area contributed by atoms with Crippen LogP contribution in [0.4, 0.5) is 5.69 Å². The van der Waals surface area contributed by atoms with Crippen molar-refractivity contribution in [2.75, 3.05) is 25.6 Å². The third-order valence-corrected chi connectivity index (χ3v) is 3.34.